The lowest BCUT2D eigenvalue weighted by atomic mass is 9.95. The van der Waals surface area contributed by atoms with Gasteiger partial charge in [-0.2, -0.15) is 17.0 Å². The number of nitriles is 1. The van der Waals surface area contributed by atoms with Crippen LogP contribution in [0.5, 0.6) is 0 Å². The Morgan fingerprint density at radius 2 is 1.63 bits per heavy atom. The zero-order chi connectivity index (χ0) is 19.1. The summed E-state index contributed by atoms with van der Waals surface area (Å²) in [7, 11) is 0. The van der Waals surface area contributed by atoms with Gasteiger partial charge < -0.3 is 0 Å². The van der Waals surface area contributed by atoms with Crippen LogP contribution in [0.1, 0.15) is 33.4 Å². The van der Waals surface area contributed by atoms with Crippen molar-refractivity contribution in [1.29, 1.82) is 5.26 Å². The maximum atomic E-state index is 8.89. The van der Waals surface area contributed by atoms with Gasteiger partial charge in [-0.1, -0.05) is 66.7 Å². The van der Waals surface area contributed by atoms with E-state index in [9.17, 15) is 0 Å². The molecule has 0 heterocycles. The molecule has 3 aromatic carbocycles. The standard InChI is InChI=1S/C25H23NS/c1-19-8-13-24(16-20(19)2)25(23-6-4-3-5-7-23)14-15-27-18-22-11-9-21(17-26)10-12-22/h3-14,16H,15,18H2,1-2H3. The van der Waals surface area contributed by atoms with E-state index >= 15 is 0 Å². The van der Waals surface area contributed by atoms with Gasteiger partial charge in [-0.25, -0.2) is 0 Å². The smallest absolute Gasteiger partial charge is 0.0991 e. The summed E-state index contributed by atoms with van der Waals surface area (Å²) < 4.78 is 0. The van der Waals surface area contributed by atoms with Gasteiger partial charge in [0.15, 0.2) is 0 Å². The number of rotatable bonds is 6. The van der Waals surface area contributed by atoms with Gasteiger partial charge >= 0.3 is 0 Å². The van der Waals surface area contributed by atoms with Crippen LogP contribution in [-0.4, -0.2) is 5.75 Å². The highest BCUT2D eigenvalue weighted by atomic mass is 32.2. The fourth-order valence-corrected chi connectivity index (χ4v) is 3.75. The molecule has 0 aliphatic carbocycles. The zero-order valence-corrected chi connectivity index (χ0v) is 16.6. The van der Waals surface area contributed by atoms with Gasteiger partial charge in [-0.05, 0) is 59.4 Å². The largest absolute Gasteiger partial charge is 0.192 e. The van der Waals surface area contributed by atoms with Crippen molar-refractivity contribution in [2.75, 3.05) is 5.75 Å². The van der Waals surface area contributed by atoms with Crippen LogP contribution in [0.4, 0.5) is 0 Å². The molecule has 27 heavy (non-hydrogen) atoms. The second-order valence-electron chi connectivity index (χ2n) is 6.61. The van der Waals surface area contributed by atoms with Gasteiger partial charge in [-0.3, -0.25) is 0 Å². The molecule has 0 aliphatic rings. The second kappa shape index (κ2) is 9.26. The van der Waals surface area contributed by atoms with E-state index in [1.807, 2.05) is 36.0 Å². The van der Waals surface area contributed by atoms with Crippen LogP contribution in [0, 0.1) is 25.2 Å². The van der Waals surface area contributed by atoms with Crippen LogP contribution in [0.15, 0.2) is 78.9 Å². The quantitative estimate of drug-likeness (QED) is 0.461. The number of nitrogens with zero attached hydrogens (tertiary/aromatic N) is 1. The van der Waals surface area contributed by atoms with Crippen molar-refractivity contribution >= 4 is 17.3 Å². The Morgan fingerprint density at radius 1 is 0.889 bits per heavy atom. The van der Waals surface area contributed by atoms with Crippen molar-refractivity contribution in [3.63, 3.8) is 0 Å². The molecule has 0 fully saturated rings. The van der Waals surface area contributed by atoms with Crippen molar-refractivity contribution in [2.24, 2.45) is 0 Å². The van der Waals surface area contributed by atoms with Gasteiger partial charge in [0.05, 0.1) is 11.6 Å². The van der Waals surface area contributed by atoms with Crippen LogP contribution >= 0.6 is 11.8 Å². The van der Waals surface area contributed by atoms with Gasteiger partial charge in [-0.15, -0.1) is 0 Å². The Labute approximate surface area is 166 Å². The summed E-state index contributed by atoms with van der Waals surface area (Å²) in [5, 5.41) is 8.89. The van der Waals surface area contributed by atoms with E-state index in [-0.39, 0.29) is 0 Å². The fourth-order valence-electron chi connectivity index (χ4n) is 2.92. The number of thioether (sulfide) groups is 1. The lowest BCUT2D eigenvalue weighted by Gasteiger charge is -2.11. The van der Waals surface area contributed by atoms with E-state index < -0.39 is 0 Å². The molecular weight excluding hydrogens is 346 g/mol. The third-order valence-electron chi connectivity index (χ3n) is 4.66. The first-order chi connectivity index (χ1) is 13.2. The highest BCUT2D eigenvalue weighted by Gasteiger charge is 2.06. The van der Waals surface area contributed by atoms with E-state index in [4.69, 9.17) is 5.26 Å². The lowest BCUT2D eigenvalue weighted by Crippen LogP contribution is -1.92. The molecule has 0 saturated heterocycles. The monoisotopic (exact) mass is 369 g/mol. The zero-order valence-electron chi connectivity index (χ0n) is 15.8. The molecule has 1 nitrogen and oxygen atoms in total. The molecule has 0 bridgehead atoms. The summed E-state index contributed by atoms with van der Waals surface area (Å²) in [5.74, 6) is 1.88. The van der Waals surface area contributed by atoms with Gasteiger partial charge in [0.2, 0.25) is 0 Å². The number of hydrogen-bond donors (Lipinski definition) is 0. The van der Waals surface area contributed by atoms with E-state index in [1.165, 1.54) is 33.4 Å². The molecule has 0 amide bonds. The molecule has 0 aliphatic heterocycles. The van der Waals surface area contributed by atoms with Crippen molar-refractivity contribution in [3.05, 3.63) is 112 Å². The van der Waals surface area contributed by atoms with E-state index in [0.29, 0.717) is 5.56 Å². The summed E-state index contributed by atoms with van der Waals surface area (Å²) >= 11 is 1.89. The predicted molar refractivity (Wildman–Crippen MR) is 117 cm³/mol. The molecule has 2 heteroatoms. The molecule has 3 aromatic rings. The number of hydrogen-bond acceptors (Lipinski definition) is 2. The van der Waals surface area contributed by atoms with Crippen molar-refractivity contribution < 1.29 is 0 Å². The lowest BCUT2D eigenvalue weighted by molar-refractivity contribution is 1.33. The maximum absolute atomic E-state index is 8.89. The summed E-state index contributed by atoms with van der Waals surface area (Å²) in [6, 6.07) is 27.3. The van der Waals surface area contributed by atoms with E-state index in [0.717, 1.165) is 11.5 Å². The Balaban J connectivity index is 1.76. The second-order valence-corrected chi connectivity index (χ2v) is 7.64. The molecule has 0 saturated carbocycles. The van der Waals surface area contributed by atoms with Crippen LogP contribution in [-0.2, 0) is 5.75 Å². The number of aryl methyl sites for hydroxylation is 2. The number of benzene rings is 3. The van der Waals surface area contributed by atoms with Crippen LogP contribution in [0.25, 0.3) is 5.57 Å². The van der Waals surface area contributed by atoms with Crippen molar-refractivity contribution in [1.82, 2.24) is 0 Å². The normalized spacial score (nSPS) is 11.2. The SMILES string of the molecule is Cc1ccc(C(=CCSCc2ccc(C#N)cc2)c2ccccc2)cc1C. The maximum Gasteiger partial charge on any atom is 0.0991 e. The molecular formula is C25H23NS. The first-order valence-corrected chi connectivity index (χ1v) is 10.2. The molecule has 0 radical (unpaired) electrons. The van der Waals surface area contributed by atoms with Crippen molar-refractivity contribution in [3.8, 4) is 6.07 Å². The molecule has 0 spiro atoms. The average molecular weight is 370 g/mol. The van der Waals surface area contributed by atoms with Crippen LogP contribution in [0.2, 0.25) is 0 Å². The predicted octanol–water partition coefficient (Wildman–Crippen LogP) is 6.54. The molecule has 0 atom stereocenters. The Hall–Kier alpha value is -2.76. The summed E-state index contributed by atoms with van der Waals surface area (Å²) in [6.07, 6.45) is 2.33. The van der Waals surface area contributed by atoms with Crippen LogP contribution in [0.3, 0.4) is 0 Å². The first-order valence-electron chi connectivity index (χ1n) is 9.07. The highest BCUT2D eigenvalue weighted by molar-refractivity contribution is 7.98. The van der Waals surface area contributed by atoms with E-state index in [2.05, 4.69) is 74.5 Å². The van der Waals surface area contributed by atoms with Crippen molar-refractivity contribution in [2.45, 2.75) is 19.6 Å². The molecule has 0 unspecified atom stereocenters. The fraction of sp³-hybridized carbons (Fsp3) is 0.160. The Morgan fingerprint density at radius 3 is 2.30 bits per heavy atom. The van der Waals surface area contributed by atoms with Gasteiger partial charge in [0.25, 0.3) is 0 Å². The van der Waals surface area contributed by atoms with Gasteiger partial charge in [0.1, 0.15) is 0 Å². The third-order valence-corrected chi connectivity index (χ3v) is 5.60. The Bertz CT molecular complexity index is 963. The average Bonchev–Trinajstić information content (AvgIpc) is 2.71. The minimum absolute atomic E-state index is 0.713. The highest BCUT2D eigenvalue weighted by Crippen LogP contribution is 2.26. The minimum Gasteiger partial charge on any atom is -0.192 e. The summed E-state index contributed by atoms with van der Waals surface area (Å²) in [6.45, 7) is 4.32. The molecule has 0 aromatic heterocycles. The third kappa shape index (κ3) is 5.12. The topological polar surface area (TPSA) is 23.8 Å². The molecule has 0 N–H and O–H groups in total. The molecule has 3 rings (SSSR count). The first kappa shape index (κ1) is 19.0. The summed E-state index contributed by atoms with van der Waals surface area (Å²) in [4.78, 5) is 0. The minimum atomic E-state index is 0.713. The Kier molecular flexibility index (Phi) is 6.52. The summed E-state index contributed by atoms with van der Waals surface area (Å²) in [5.41, 5.74) is 8.40. The van der Waals surface area contributed by atoms with E-state index in [1.54, 1.807) is 0 Å². The molecule has 134 valence electrons. The van der Waals surface area contributed by atoms with Crippen LogP contribution < -0.4 is 0 Å². The van der Waals surface area contributed by atoms with Gasteiger partial charge in [0, 0.05) is 11.5 Å².